The van der Waals surface area contributed by atoms with Crippen molar-refractivity contribution in [1.29, 1.82) is 0 Å². The summed E-state index contributed by atoms with van der Waals surface area (Å²) >= 11 is 1.74. The summed E-state index contributed by atoms with van der Waals surface area (Å²) in [4.78, 5) is 12.4. The SMILES string of the molecule is CCCC(C)(C)Cc1cc(CSc2cccc(C(CC)CC(=O)O)c2)ccc1-c1cc(OC)ccc1F. The molecular formula is C32H39FO3S. The molecule has 0 heterocycles. The van der Waals surface area contributed by atoms with Gasteiger partial charge >= 0.3 is 5.97 Å². The fourth-order valence-electron chi connectivity index (χ4n) is 5.00. The Kier molecular flexibility index (Phi) is 10.2. The smallest absolute Gasteiger partial charge is 0.303 e. The lowest BCUT2D eigenvalue weighted by Crippen LogP contribution is -2.15. The van der Waals surface area contributed by atoms with E-state index >= 15 is 0 Å². The summed E-state index contributed by atoms with van der Waals surface area (Å²) in [7, 11) is 1.60. The summed E-state index contributed by atoms with van der Waals surface area (Å²) in [6, 6.07) is 19.5. The molecule has 0 aliphatic heterocycles. The third-order valence-corrected chi connectivity index (χ3v) is 7.94. The van der Waals surface area contributed by atoms with Gasteiger partial charge in [0.2, 0.25) is 0 Å². The van der Waals surface area contributed by atoms with Gasteiger partial charge in [-0.2, -0.15) is 0 Å². The maximum atomic E-state index is 14.9. The standard InChI is InChI=1S/C32H39FO3S/c1-6-15-32(3,4)20-25-16-22(11-13-28(25)29-19-26(36-5)12-14-30(29)33)21-37-27-10-8-9-24(17-27)23(7-2)18-31(34)35/h8-14,16-17,19,23H,6-7,15,18,20-21H2,1-5H3,(H,34,35). The van der Waals surface area contributed by atoms with Gasteiger partial charge in [-0.05, 0) is 83.2 Å². The lowest BCUT2D eigenvalue weighted by molar-refractivity contribution is -0.137. The van der Waals surface area contributed by atoms with Crippen molar-refractivity contribution in [3.8, 4) is 16.9 Å². The quantitative estimate of drug-likeness (QED) is 0.227. The average Bonchev–Trinajstić information content (AvgIpc) is 2.86. The van der Waals surface area contributed by atoms with Crippen LogP contribution in [0.25, 0.3) is 11.1 Å². The van der Waals surface area contributed by atoms with Gasteiger partial charge in [0, 0.05) is 16.2 Å². The van der Waals surface area contributed by atoms with Gasteiger partial charge in [0.25, 0.3) is 0 Å². The van der Waals surface area contributed by atoms with Gasteiger partial charge in [0.1, 0.15) is 11.6 Å². The number of halogens is 1. The molecule has 0 radical (unpaired) electrons. The molecule has 0 saturated heterocycles. The lowest BCUT2D eigenvalue weighted by Gasteiger charge is -2.26. The van der Waals surface area contributed by atoms with E-state index in [1.807, 2.05) is 25.1 Å². The number of methoxy groups -OCH3 is 1. The van der Waals surface area contributed by atoms with Crippen LogP contribution in [0.15, 0.2) is 65.6 Å². The van der Waals surface area contributed by atoms with Crippen LogP contribution in [0.3, 0.4) is 0 Å². The number of carboxylic acid groups (broad SMARTS) is 1. The van der Waals surface area contributed by atoms with Crippen LogP contribution in [0.2, 0.25) is 0 Å². The zero-order chi connectivity index (χ0) is 27.0. The van der Waals surface area contributed by atoms with Crippen LogP contribution >= 0.6 is 11.8 Å². The first-order valence-electron chi connectivity index (χ1n) is 13.1. The number of aliphatic carboxylic acids is 1. The maximum absolute atomic E-state index is 14.9. The highest BCUT2D eigenvalue weighted by Gasteiger charge is 2.21. The van der Waals surface area contributed by atoms with Crippen molar-refractivity contribution in [2.45, 2.75) is 76.4 Å². The number of benzene rings is 3. The van der Waals surface area contributed by atoms with Gasteiger partial charge in [-0.1, -0.05) is 64.4 Å². The molecule has 3 nitrogen and oxygen atoms in total. The van der Waals surface area contributed by atoms with Gasteiger partial charge in [0.05, 0.1) is 13.5 Å². The number of ether oxygens (including phenoxy) is 1. The number of rotatable bonds is 13. The second-order valence-electron chi connectivity index (χ2n) is 10.5. The van der Waals surface area contributed by atoms with Crippen LogP contribution in [0, 0.1) is 11.2 Å². The van der Waals surface area contributed by atoms with Crippen molar-refractivity contribution in [3.63, 3.8) is 0 Å². The fraction of sp³-hybridized carbons (Fsp3) is 0.406. The Morgan fingerprint density at radius 2 is 1.84 bits per heavy atom. The van der Waals surface area contributed by atoms with Gasteiger partial charge < -0.3 is 9.84 Å². The number of carbonyl (C=O) groups is 1. The van der Waals surface area contributed by atoms with Crippen molar-refractivity contribution < 1.29 is 19.0 Å². The predicted octanol–water partition coefficient (Wildman–Crippen LogP) is 9.13. The molecule has 0 aliphatic carbocycles. The van der Waals surface area contributed by atoms with Crippen LogP contribution in [0.1, 0.15) is 76.0 Å². The molecular weight excluding hydrogens is 483 g/mol. The monoisotopic (exact) mass is 522 g/mol. The van der Waals surface area contributed by atoms with Crippen molar-refractivity contribution >= 4 is 17.7 Å². The predicted molar refractivity (Wildman–Crippen MR) is 152 cm³/mol. The number of thioether (sulfide) groups is 1. The average molecular weight is 523 g/mol. The molecule has 198 valence electrons. The summed E-state index contributed by atoms with van der Waals surface area (Å²) in [5.74, 6) is 0.420. The number of carboxylic acids is 1. The Bertz CT molecular complexity index is 1200. The van der Waals surface area contributed by atoms with Gasteiger partial charge in [-0.15, -0.1) is 11.8 Å². The minimum absolute atomic E-state index is 0.0162. The molecule has 0 aliphatic rings. The molecule has 0 saturated carbocycles. The molecule has 3 aromatic rings. The second-order valence-corrected chi connectivity index (χ2v) is 11.5. The van der Waals surface area contributed by atoms with E-state index in [0.717, 1.165) is 53.0 Å². The van der Waals surface area contributed by atoms with Crippen LogP contribution < -0.4 is 4.74 Å². The first kappa shape index (κ1) is 28.8. The summed E-state index contributed by atoms with van der Waals surface area (Å²) < 4.78 is 20.3. The molecule has 3 aromatic carbocycles. The van der Waals surface area contributed by atoms with Crippen molar-refractivity contribution in [2.75, 3.05) is 7.11 Å². The minimum Gasteiger partial charge on any atom is -0.497 e. The van der Waals surface area contributed by atoms with Crippen LogP contribution in [-0.4, -0.2) is 18.2 Å². The van der Waals surface area contributed by atoms with Gasteiger partial charge in [0.15, 0.2) is 0 Å². The highest BCUT2D eigenvalue weighted by Crippen LogP contribution is 2.37. The molecule has 0 spiro atoms. The Labute approximate surface area is 225 Å². The van der Waals surface area contributed by atoms with Crippen molar-refractivity contribution in [2.24, 2.45) is 5.41 Å². The highest BCUT2D eigenvalue weighted by molar-refractivity contribution is 7.98. The van der Waals surface area contributed by atoms with Crippen LogP contribution in [0.5, 0.6) is 5.75 Å². The molecule has 5 heteroatoms. The van der Waals surface area contributed by atoms with Crippen molar-refractivity contribution in [1.82, 2.24) is 0 Å². The Morgan fingerprint density at radius 1 is 1.05 bits per heavy atom. The Hall–Kier alpha value is -2.79. The summed E-state index contributed by atoms with van der Waals surface area (Å²) in [6.45, 7) is 8.78. The summed E-state index contributed by atoms with van der Waals surface area (Å²) in [6.07, 6.45) is 3.98. The van der Waals surface area contributed by atoms with E-state index in [2.05, 4.69) is 45.0 Å². The normalized spacial score (nSPS) is 12.4. The molecule has 1 unspecified atom stereocenters. The number of hydrogen-bond donors (Lipinski definition) is 1. The third-order valence-electron chi connectivity index (χ3n) is 6.88. The van der Waals surface area contributed by atoms with Gasteiger partial charge in [-0.25, -0.2) is 4.39 Å². The molecule has 1 atom stereocenters. The number of hydrogen-bond acceptors (Lipinski definition) is 3. The van der Waals surface area contributed by atoms with E-state index in [1.54, 1.807) is 31.0 Å². The lowest BCUT2D eigenvalue weighted by atomic mass is 9.79. The molecule has 37 heavy (non-hydrogen) atoms. The van der Waals surface area contributed by atoms with E-state index in [1.165, 1.54) is 11.6 Å². The zero-order valence-electron chi connectivity index (χ0n) is 22.6. The minimum atomic E-state index is -0.768. The van der Waals surface area contributed by atoms with Crippen molar-refractivity contribution in [3.05, 3.63) is 83.2 Å². The molecule has 3 rings (SSSR count). The van der Waals surface area contributed by atoms with Crippen LogP contribution in [-0.2, 0) is 17.0 Å². The Balaban J connectivity index is 1.90. The molecule has 0 aromatic heterocycles. The second kappa shape index (κ2) is 13.1. The van der Waals surface area contributed by atoms with Crippen LogP contribution in [0.4, 0.5) is 4.39 Å². The summed E-state index contributed by atoms with van der Waals surface area (Å²) in [5.41, 5.74) is 4.97. The molecule has 0 fully saturated rings. The molecule has 0 amide bonds. The first-order chi connectivity index (χ1) is 17.7. The zero-order valence-corrected chi connectivity index (χ0v) is 23.5. The first-order valence-corrected chi connectivity index (χ1v) is 14.0. The highest BCUT2D eigenvalue weighted by atomic mass is 32.2. The molecule has 0 bridgehead atoms. The van der Waals surface area contributed by atoms with E-state index < -0.39 is 5.97 Å². The van der Waals surface area contributed by atoms with E-state index in [4.69, 9.17) is 4.74 Å². The van der Waals surface area contributed by atoms with E-state index in [9.17, 15) is 14.3 Å². The summed E-state index contributed by atoms with van der Waals surface area (Å²) in [5, 5.41) is 9.25. The third kappa shape index (κ3) is 8.10. The largest absolute Gasteiger partial charge is 0.497 e. The van der Waals surface area contributed by atoms with E-state index in [-0.39, 0.29) is 23.6 Å². The van der Waals surface area contributed by atoms with Gasteiger partial charge in [-0.3, -0.25) is 4.79 Å². The Morgan fingerprint density at radius 3 is 2.51 bits per heavy atom. The van der Waals surface area contributed by atoms with E-state index in [0.29, 0.717) is 11.3 Å². The topological polar surface area (TPSA) is 46.5 Å². The maximum Gasteiger partial charge on any atom is 0.303 e. The fourth-order valence-corrected chi connectivity index (χ4v) is 5.91. The molecule has 1 N–H and O–H groups in total.